The third-order valence-corrected chi connectivity index (χ3v) is 13.7. The molecule has 0 saturated carbocycles. The number of methoxy groups -OCH3 is 1. The summed E-state index contributed by atoms with van der Waals surface area (Å²) in [6.07, 6.45) is 10.6. The molecule has 18 heteroatoms. The Bertz CT molecular complexity index is 2520. The summed E-state index contributed by atoms with van der Waals surface area (Å²) < 4.78 is 32.9. The Kier molecular flexibility index (Phi) is 12.4. The normalized spacial score (nSPS) is 15.3. The lowest BCUT2D eigenvalue weighted by atomic mass is 9.89. The molecule has 16 nitrogen and oxygen atoms in total. The molecule has 0 unspecified atom stereocenters. The third-order valence-electron chi connectivity index (χ3n) is 11.1. The average Bonchev–Trinajstić information content (AvgIpc) is 3.73. The third kappa shape index (κ3) is 8.72. The number of ether oxygens (including phenoxy) is 1. The molecule has 0 radical (unpaired) electrons. The van der Waals surface area contributed by atoms with E-state index in [0.29, 0.717) is 77.1 Å². The molecule has 312 valence electrons. The molecule has 0 spiro atoms. The summed E-state index contributed by atoms with van der Waals surface area (Å²) in [7, 11) is 2.34. The predicted octanol–water partition coefficient (Wildman–Crippen LogP) is 6.72. The van der Waals surface area contributed by atoms with Gasteiger partial charge < -0.3 is 34.2 Å². The maximum absolute atomic E-state index is 13.8. The van der Waals surface area contributed by atoms with Gasteiger partial charge in [-0.15, -0.1) is 0 Å². The minimum Gasteiger partial charge on any atom is -0.494 e. The van der Waals surface area contributed by atoms with Crippen molar-refractivity contribution < 1.29 is 23.1 Å². The monoisotopic (exact) mass is 895 g/mol. The number of aryl methyl sites for hydroxylation is 1. The van der Waals surface area contributed by atoms with Gasteiger partial charge in [-0.05, 0) is 71.5 Å². The highest BCUT2D eigenvalue weighted by molar-refractivity contribution is 9.10. The molecular formula is C42H47BrN11O5P. The lowest BCUT2D eigenvalue weighted by Crippen LogP contribution is -2.52. The molecule has 3 aromatic carbocycles. The Morgan fingerprint density at radius 2 is 1.63 bits per heavy atom. The largest absolute Gasteiger partial charge is 0.494 e. The second-order valence-electron chi connectivity index (χ2n) is 14.7. The zero-order valence-electron chi connectivity index (χ0n) is 33.9. The van der Waals surface area contributed by atoms with Gasteiger partial charge in [-0.25, -0.2) is 4.98 Å². The summed E-state index contributed by atoms with van der Waals surface area (Å²) in [5, 5.41) is 11.3. The van der Waals surface area contributed by atoms with Crippen molar-refractivity contribution in [3.05, 3.63) is 95.6 Å². The molecular weight excluding hydrogens is 849 g/mol. The van der Waals surface area contributed by atoms with E-state index in [1.165, 1.54) is 26.0 Å². The van der Waals surface area contributed by atoms with Crippen LogP contribution in [0.1, 0.15) is 24.3 Å². The number of hydrogen-bond acceptors (Lipinski definition) is 14. The molecule has 2 aliphatic rings. The number of carbonyl (C=O) groups excluding carboxylic acids is 1. The van der Waals surface area contributed by atoms with E-state index in [-0.39, 0.29) is 17.2 Å². The summed E-state index contributed by atoms with van der Waals surface area (Å²) >= 11 is 3.57. The lowest BCUT2D eigenvalue weighted by molar-refractivity contribution is -0.133. The maximum atomic E-state index is 13.8. The van der Waals surface area contributed by atoms with Gasteiger partial charge >= 0.3 is 7.60 Å². The molecule has 2 N–H and O–H groups in total. The number of nitrogens with zero attached hydrogens (tertiary/aromatic N) is 9. The van der Waals surface area contributed by atoms with Crippen LogP contribution in [-0.4, -0.2) is 113 Å². The van der Waals surface area contributed by atoms with Crippen LogP contribution in [0.25, 0.3) is 22.2 Å². The van der Waals surface area contributed by atoms with Crippen LogP contribution >= 0.6 is 23.5 Å². The van der Waals surface area contributed by atoms with Crippen LogP contribution in [0.4, 0.5) is 28.8 Å². The first kappa shape index (κ1) is 41.3. The molecule has 0 aliphatic carbocycles. The first-order chi connectivity index (χ1) is 29.2. The second-order valence-corrected chi connectivity index (χ2v) is 17.7. The first-order valence-corrected chi connectivity index (χ1v) is 22.0. The van der Waals surface area contributed by atoms with Crippen LogP contribution in [0.2, 0.25) is 0 Å². The highest BCUT2D eigenvalue weighted by Gasteiger charge is 2.33. The van der Waals surface area contributed by atoms with E-state index < -0.39 is 7.60 Å². The van der Waals surface area contributed by atoms with Gasteiger partial charge in [-0.1, -0.05) is 30.3 Å². The van der Waals surface area contributed by atoms with Gasteiger partial charge in [-0.3, -0.25) is 28.9 Å². The van der Waals surface area contributed by atoms with Crippen molar-refractivity contribution in [2.45, 2.75) is 18.8 Å². The van der Waals surface area contributed by atoms with Crippen molar-refractivity contribution in [1.29, 1.82) is 0 Å². The standard InChI is InChI=1S/C42H47BrN11O5P/c1-51-26-30(24-47-51)31-22-35(49-42-46-25-32(43)41(50-42)48-34-11-10-33-39(45-15-14-44-33)40(34)60(56,58-3)59-4)37(57-2)23-36(31)53-18-20-54(21-19-53)38(55)27-52-16-12-29(13-17-52)28-8-6-5-7-9-28/h5-11,14-15,22-26,29H,12-13,16-21,27H2,1-4H3,(H2,46,48,49,50). The predicted molar refractivity (Wildman–Crippen MR) is 236 cm³/mol. The van der Waals surface area contributed by atoms with E-state index >= 15 is 0 Å². The summed E-state index contributed by atoms with van der Waals surface area (Å²) in [6, 6.07) is 18.2. The van der Waals surface area contributed by atoms with Crippen molar-refractivity contribution in [1.82, 2.24) is 39.5 Å². The van der Waals surface area contributed by atoms with Crippen molar-refractivity contribution in [3.63, 3.8) is 0 Å². The summed E-state index contributed by atoms with van der Waals surface area (Å²) in [5.74, 6) is 1.95. The number of likely N-dealkylation sites (tertiary alicyclic amines) is 1. The molecule has 1 amide bonds. The van der Waals surface area contributed by atoms with Crippen LogP contribution in [-0.2, 0) is 25.5 Å². The number of nitrogens with one attached hydrogen (secondary N) is 2. The molecule has 2 fully saturated rings. The maximum Gasteiger partial charge on any atom is 0.365 e. The smallest absolute Gasteiger partial charge is 0.365 e. The minimum absolute atomic E-state index is 0.178. The van der Waals surface area contributed by atoms with Crippen LogP contribution in [0.3, 0.4) is 0 Å². The van der Waals surface area contributed by atoms with Gasteiger partial charge in [0, 0.05) is 95.1 Å². The fourth-order valence-electron chi connectivity index (χ4n) is 7.95. The number of hydrogen-bond donors (Lipinski definition) is 2. The Morgan fingerprint density at radius 1 is 0.883 bits per heavy atom. The number of benzene rings is 3. The van der Waals surface area contributed by atoms with Crippen molar-refractivity contribution in [2.24, 2.45) is 7.05 Å². The number of amides is 1. The van der Waals surface area contributed by atoms with Crippen molar-refractivity contribution in [2.75, 3.05) is 82.7 Å². The Morgan fingerprint density at radius 3 is 2.33 bits per heavy atom. The summed E-state index contributed by atoms with van der Waals surface area (Å²) in [5.41, 5.74) is 6.14. The van der Waals surface area contributed by atoms with E-state index in [1.807, 2.05) is 36.5 Å². The van der Waals surface area contributed by atoms with E-state index in [9.17, 15) is 9.36 Å². The van der Waals surface area contributed by atoms with E-state index in [0.717, 1.165) is 42.7 Å². The Labute approximate surface area is 357 Å². The van der Waals surface area contributed by atoms with Crippen LogP contribution in [0, 0.1) is 0 Å². The summed E-state index contributed by atoms with van der Waals surface area (Å²) in [6.45, 7) is 4.87. The van der Waals surface area contributed by atoms with Gasteiger partial charge in [0.1, 0.15) is 22.4 Å². The molecule has 2 saturated heterocycles. The topological polar surface area (TPSA) is 165 Å². The second kappa shape index (κ2) is 18.0. The van der Waals surface area contributed by atoms with Gasteiger partial charge in [0.25, 0.3) is 0 Å². The van der Waals surface area contributed by atoms with Crippen LogP contribution < -0.4 is 25.6 Å². The number of piperazine rings is 1. The number of halogens is 1. The molecule has 0 bridgehead atoms. The average molecular weight is 897 g/mol. The Hall–Kier alpha value is -5.45. The minimum atomic E-state index is -3.81. The number of anilines is 5. The van der Waals surface area contributed by atoms with Gasteiger partial charge in [0.2, 0.25) is 11.9 Å². The molecule has 60 heavy (non-hydrogen) atoms. The zero-order valence-corrected chi connectivity index (χ0v) is 36.4. The SMILES string of the molecule is COc1cc(N2CCN(C(=O)CN3CCC(c4ccccc4)CC3)CC2)c(-c2cnn(C)c2)cc1Nc1ncc(Br)c(Nc2ccc3nccnc3c2P(=O)(OC)OC)n1. The number of piperidine rings is 1. The highest BCUT2D eigenvalue weighted by Crippen LogP contribution is 2.49. The number of rotatable bonds is 13. The molecule has 5 heterocycles. The molecule has 3 aromatic heterocycles. The molecule has 2 aliphatic heterocycles. The van der Waals surface area contributed by atoms with Crippen molar-refractivity contribution >= 4 is 74.6 Å². The van der Waals surface area contributed by atoms with E-state index in [2.05, 4.69) is 86.7 Å². The van der Waals surface area contributed by atoms with E-state index in [1.54, 1.807) is 36.3 Å². The Balaban J connectivity index is 1.00. The fraction of sp³-hybridized carbons (Fsp3) is 0.333. The van der Waals surface area contributed by atoms with Gasteiger partial charge in [0.05, 0.1) is 41.2 Å². The van der Waals surface area contributed by atoms with E-state index in [4.69, 9.17) is 18.8 Å². The van der Waals surface area contributed by atoms with Gasteiger partial charge in [0.15, 0.2) is 0 Å². The lowest BCUT2D eigenvalue weighted by Gasteiger charge is -2.39. The fourth-order valence-corrected chi connectivity index (χ4v) is 9.61. The van der Waals surface area contributed by atoms with Crippen molar-refractivity contribution in [3.8, 4) is 16.9 Å². The quantitative estimate of drug-likeness (QED) is 0.117. The van der Waals surface area contributed by atoms with Crippen LogP contribution in [0.15, 0.2) is 90.1 Å². The number of carbonyl (C=O) groups is 1. The number of fused-ring (bicyclic) bond motifs is 1. The summed E-state index contributed by atoms with van der Waals surface area (Å²) in [4.78, 5) is 38.3. The van der Waals surface area contributed by atoms with Gasteiger partial charge in [-0.2, -0.15) is 10.1 Å². The zero-order chi connectivity index (χ0) is 41.8. The molecule has 6 aromatic rings. The first-order valence-electron chi connectivity index (χ1n) is 19.7. The highest BCUT2D eigenvalue weighted by atomic mass is 79.9. The molecule has 0 atom stereocenters. The van der Waals surface area contributed by atoms with Crippen LogP contribution in [0.5, 0.6) is 5.75 Å². The molecule has 8 rings (SSSR count). The number of aromatic nitrogens is 6.